The Morgan fingerprint density at radius 1 is 0.938 bits per heavy atom. The van der Waals surface area contributed by atoms with Crippen LogP contribution in [0.5, 0.6) is 0 Å². The molecule has 16 heavy (non-hydrogen) atoms. The minimum absolute atomic E-state index is 0.675. The van der Waals surface area contributed by atoms with E-state index in [1.165, 1.54) is 25.7 Å². The van der Waals surface area contributed by atoms with Gasteiger partial charge in [-0.2, -0.15) is 0 Å². The third-order valence-corrected chi connectivity index (χ3v) is 2.60. The maximum atomic E-state index is 5.51. The number of unbranched alkanes of at least 4 members (excludes halogenated alkanes) is 4. The first-order valence-corrected chi connectivity index (χ1v) is 6.38. The highest BCUT2D eigenvalue weighted by molar-refractivity contribution is 4.82. The van der Waals surface area contributed by atoms with Crippen LogP contribution in [0, 0.1) is 0 Å². The smallest absolute Gasteiger partial charge is 0.216 e. The van der Waals surface area contributed by atoms with E-state index < -0.39 is 0 Å². The minimum atomic E-state index is 0.675. The number of hydrogen-bond acceptors (Lipinski definition) is 4. The average molecular weight is 225 g/mol. The summed E-state index contributed by atoms with van der Waals surface area (Å²) in [5.74, 6) is 1.51. The van der Waals surface area contributed by atoms with Crippen LogP contribution in [-0.4, -0.2) is 16.7 Å². The molecule has 0 unspecified atom stereocenters. The molecule has 1 rings (SSSR count). The van der Waals surface area contributed by atoms with Crippen molar-refractivity contribution in [3.63, 3.8) is 0 Å². The number of nitrogens with zero attached hydrogens (tertiary/aromatic N) is 2. The number of hydrogen-bond donors (Lipinski definition) is 1. The van der Waals surface area contributed by atoms with E-state index in [4.69, 9.17) is 10.2 Å². The molecule has 92 valence electrons. The number of aromatic nitrogens is 2. The molecule has 0 bridgehead atoms. The lowest BCUT2D eigenvalue weighted by molar-refractivity contribution is 0.436. The highest BCUT2D eigenvalue weighted by atomic mass is 16.4. The molecule has 1 heterocycles. The lowest BCUT2D eigenvalue weighted by Gasteiger charge is -1.96. The molecular formula is C12H23N3O. The van der Waals surface area contributed by atoms with Crippen molar-refractivity contribution in [2.45, 2.75) is 58.3 Å². The first-order valence-electron chi connectivity index (χ1n) is 6.38. The highest BCUT2D eigenvalue weighted by Gasteiger charge is 2.04. The van der Waals surface area contributed by atoms with E-state index in [9.17, 15) is 0 Å². The molecule has 0 aromatic carbocycles. The summed E-state index contributed by atoms with van der Waals surface area (Å²) in [4.78, 5) is 0. The maximum absolute atomic E-state index is 5.51. The molecule has 4 nitrogen and oxygen atoms in total. The highest BCUT2D eigenvalue weighted by Crippen LogP contribution is 2.09. The van der Waals surface area contributed by atoms with Gasteiger partial charge in [0.15, 0.2) is 0 Å². The molecule has 0 radical (unpaired) electrons. The van der Waals surface area contributed by atoms with Crippen LogP contribution in [-0.2, 0) is 12.8 Å². The molecule has 0 atom stereocenters. The Labute approximate surface area is 97.6 Å². The summed E-state index contributed by atoms with van der Waals surface area (Å²) in [6, 6.07) is 0. The van der Waals surface area contributed by atoms with Crippen molar-refractivity contribution in [3.05, 3.63) is 11.8 Å². The molecular weight excluding hydrogens is 202 g/mol. The largest absolute Gasteiger partial charge is 0.425 e. The van der Waals surface area contributed by atoms with E-state index in [2.05, 4.69) is 17.1 Å². The minimum Gasteiger partial charge on any atom is -0.425 e. The van der Waals surface area contributed by atoms with Crippen molar-refractivity contribution < 1.29 is 4.42 Å². The van der Waals surface area contributed by atoms with E-state index in [1.807, 2.05) is 0 Å². The zero-order chi connectivity index (χ0) is 11.6. The number of nitrogens with two attached hydrogens (primary N) is 1. The van der Waals surface area contributed by atoms with Gasteiger partial charge in [-0.25, -0.2) is 0 Å². The third-order valence-electron chi connectivity index (χ3n) is 2.60. The second-order valence-corrected chi connectivity index (χ2v) is 4.15. The molecule has 0 aliphatic rings. The zero-order valence-corrected chi connectivity index (χ0v) is 10.2. The van der Waals surface area contributed by atoms with Gasteiger partial charge in [-0.3, -0.25) is 0 Å². The summed E-state index contributed by atoms with van der Waals surface area (Å²) in [5, 5.41) is 8.03. The van der Waals surface area contributed by atoms with Crippen molar-refractivity contribution in [2.24, 2.45) is 5.73 Å². The summed E-state index contributed by atoms with van der Waals surface area (Å²) in [7, 11) is 0. The first-order chi connectivity index (χ1) is 7.86. The van der Waals surface area contributed by atoms with E-state index in [0.29, 0.717) is 6.54 Å². The predicted octanol–water partition coefficient (Wildman–Crippen LogP) is 2.47. The maximum Gasteiger partial charge on any atom is 0.216 e. The molecule has 4 heteroatoms. The monoisotopic (exact) mass is 225 g/mol. The van der Waals surface area contributed by atoms with Crippen LogP contribution in [0.3, 0.4) is 0 Å². The Kier molecular flexibility index (Phi) is 6.81. The van der Waals surface area contributed by atoms with Gasteiger partial charge in [-0.05, 0) is 19.4 Å². The summed E-state index contributed by atoms with van der Waals surface area (Å²) < 4.78 is 5.51. The molecule has 0 fully saturated rings. The van der Waals surface area contributed by atoms with E-state index in [0.717, 1.165) is 37.5 Å². The van der Waals surface area contributed by atoms with Crippen LogP contribution >= 0.6 is 0 Å². The van der Waals surface area contributed by atoms with Gasteiger partial charge in [0.2, 0.25) is 11.8 Å². The zero-order valence-electron chi connectivity index (χ0n) is 10.2. The van der Waals surface area contributed by atoms with Crippen LogP contribution in [0.15, 0.2) is 4.42 Å². The topological polar surface area (TPSA) is 64.9 Å². The quantitative estimate of drug-likeness (QED) is 0.656. The van der Waals surface area contributed by atoms with E-state index in [1.54, 1.807) is 0 Å². The van der Waals surface area contributed by atoms with Crippen molar-refractivity contribution in [1.29, 1.82) is 0 Å². The van der Waals surface area contributed by atoms with Gasteiger partial charge in [-0.15, -0.1) is 10.2 Å². The van der Waals surface area contributed by atoms with Crippen LogP contribution < -0.4 is 5.73 Å². The second-order valence-electron chi connectivity index (χ2n) is 4.15. The SMILES string of the molecule is CCCCCCCc1nnc(CCCN)o1. The molecule has 0 aliphatic carbocycles. The third kappa shape index (κ3) is 5.26. The van der Waals surface area contributed by atoms with Crippen molar-refractivity contribution in [3.8, 4) is 0 Å². The predicted molar refractivity (Wildman–Crippen MR) is 64.1 cm³/mol. The average Bonchev–Trinajstić information content (AvgIpc) is 2.74. The molecule has 1 aromatic heterocycles. The summed E-state index contributed by atoms with van der Waals surface area (Å²) >= 11 is 0. The number of aryl methyl sites for hydroxylation is 2. The van der Waals surface area contributed by atoms with Gasteiger partial charge in [-0.1, -0.05) is 32.6 Å². The summed E-state index contributed by atoms with van der Waals surface area (Å²) in [6.45, 7) is 2.90. The molecule has 0 saturated heterocycles. The summed E-state index contributed by atoms with van der Waals surface area (Å²) in [6.07, 6.45) is 8.96. The van der Waals surface area contributed by atoms with Gasteiger partial charge >= 0.3 is 0 Å². The first kappa shape index (κ1) is 13.2. The Hall–Kier alpha value is -0.900. The molecule has 1 aromatic rings. The number of rotatable bonds is 9. The van der Waals surface area contributed by atoms with Gasteiger partial charge < -0.3 is 10.2 Å². The Bertz CT molecular complexity index is 273. The Morgan fingerprint density at radius 2 is 1.56 bits per heavy atom. The van der Waals surface area contributed by atoms with E-state index >= 15 is 0 Å². The van der Waals surface area contributed by atoms with Gasteiger partial charge in [0.25, 0.3) is 0 Å². The van der Waals surface area contributed by atoms with Crippen LogP contribution in [0.4, 0.5) is 0 Å². The van der Waals surface area contributed by atoms with Crippen LogP contribution in [0.25, 0.3) is 0 Å². The molecule has 2 N–H and O–H groups in total. The lowest BCUT2D eigenvalue weighted by Crippen LogP contribution is -2.00. The van der Waals surface area contributed by atoms with Crippen molar-refractivity contribution in [1.82, 2.24) is 10.2 Å². The molecule has 0 spiro atoms. The lowest BCUT2D eigenvalue weighted by atomic mass is 10.1. The molecule has 0 aliphatic heterocycles. The normalized spacial score (nSPS) is 10.9. The van der Waals surface area contributed by atoms with Crippen LogP contribution in [0.2, 0.25) is 0 Å². The second kappa shape index (κ2) is 8.28. The molecule has 0 saturated carbocycles. The van der Waals surface area contributed by atoms with Crippen molar-refractivity contribution in [2.75, 3.05) is 6.54 Å². The van der Waals surface area contributed by atoms with Crippen molar-refractivity contribution >= 4 is 0 Å². The van der Waals surface area contributed by atoms with Crippen LogP contribution in [0.1, 0.15) is 57.2 Å². The van der Waals surface area contributed by atoms with Gasteiger partial charge in [0.05, 0.1) is 0 Å². The van der Waals surface area contributed by atoms with E-state index in [-0.39, 0.29) is 0 Å². The fourth-order valence-corrected chi connectivity index (χ4v) is 1.62. The fourth-order valence-electron chi connectivity index (χ4n) is 1.62. The standard InChI is InChI=1S/C12H23N3O/c1-2-3-4-5-6-8-11-14-15-12(16-11)9-7-10-13/h2-10,13H2,1H3. The van der Waals surface area contributed by atoms with Gasteiger partial charge in [0, 0.05) is 12.8 Å². The van der Waals surface area contributed by atoms with Gasteiger partial charge in [0.1, 0.15) is 0 Å². The fraction of sp³-hybridized carbons (Fsp3) is 0.833. The summed E-state index contributed by atoms with van der Waals surface area (Å²) in [5.41, 5.74) is 5.42. The molecule has 0 amide bonds. The Morgan fingerprint density at radius 3 is 2.19 bits per heavy atom. The Balaban J connectivity index is 2.14.